The van der Waals surface area contributed by atoms with E-state index in [9.17, 15) is 0 Å². The smallest absolute Gasteiger partial charge is 0.225 e. The molecule has 3 aromatic rings. The van der Waals surface area contributed by atoms with Crippen LogP contribution < -0.4 is 4.90 Å². The second-order valence-corrected chi connectivity index (χ2v) is 7.39. The lowest BCUT2D eigenvalue weighted by atomic mass is 10.00. The number of aromatic nitrogens is 4. The summed E-state index contributed by atoms with van der Waals surface area (Å²) in [7, 11) is 2.00. The summed E-state index contributed by atoms with van der Waals surface area (Å²) in [6.07, 6.45) is 8.11. The number of rotatable bonds is 3. The number of hydrogen-bond donors (Lipinski definition) is 0. The van der Waals surface area contributed by atoms with Gasteiger partial charge in [0.2, 0.25) is 5.95 Å². The number of nitrogens with zero attached hydrogens (tertiary/aromatic N) is 5. The third kappa shape index (κ3) is 2.82. The lowest BCUT2D eigenvalue weighted by Gasteiger charge is -2.30. The lowest BCUT2D eigenvalue weighted by Crippen LogP contribution is -2.34. The largest absolute Gasteiger partial charge is 0.341 e. The minimum atomic E-state index is 0.796. The van der Waals surface area contributed by atoms with Crippen LogP contribution in [0.4, 0.5) is 5.95 Å². The van der Waals surface area contributed by atoms with E-state index < -0.39 is 0 Å². The molecule has 124 valence electrons. The Labute approximate surface area is 146 Å². The summed E-state index contributed by atoms with van der Waals surface area (Å²) in [5.74, 6) is 2.53. The van der Waals surface area contributed by atoms with Crippen molar-refractivity contribution in [2.24, 2.45) is 13.0 Å². The van der Waals surface area contributed by atoms with Gasteiger partial charge in [0.25, 0.3) is 0 Å². The molecule has 0 unspecified atom stereocenters. The molecule has 3 aromatic heterocycles. The normalized spacial score (nSPS) is 15.8. The quantitative estimate of drug-likeness (QED) is 0.727. The average Bonchev–Trinajstić information content (AvgIpc) is 3.27. The van der Waals surface area contributed by atoms with Gasteiger partial charge in [-0.3, -0.25) is 0 Å². The summed E-state index contributed by atoms with van der Waals surface area (Å²) >= 11 is 1.70. The molecule has 0 radical (unpaired) electrons. The molecule has 5 nitrogen and oxygen atoms in total. The predicted octanol–water partition coefficient (Wildman–Crippen LogP) is 3.84. The van der Waals surface area contributed by atoms with Crippen molar-refractivity contribution in [1.29, 1.82) is 0 Å². The number of hydrogen-bond acceptors (Lipinski definition) is 5. The van der Waals surface area contributed by atoms with Crippen LogP contribution in [-0.4, -0.2) is 32.6 Å². The Morgan fingerprint density at radius 1 is 1.21 bits per heavy atom. The summed E-state index contributed by atoms with van der Waals surface area (Å²) < 4.78 is 2.01. The van der Waals surface area contributed by atoms with Crippen LogP contribution in [0.5, 0.6) is 0 Å². The van der Waals surface area contributed by atoms with Crippen LogP contribution in [0.1, 0.15) is 19.8 Å². The summed E-state index contributed by atoms with van der Waals surface area (Å²) in [5.41, 5.74) is 1.96. The molecule has 0 aromatic carbocycles. The third-order valence-corrected chi connectivity index (χ3v) is 5.54. The van der Waals surface area contributed by atoms with E-state index >= 15 is 0 Å². The minimum Gasteiger partial charge on any atom is -0.341 e. The van der Waals surface area contributed by atoms with Crippen LogP contribution in [0.2, 0.25) is 0 Å². The summed E-state index contributed by atoms with van der Waals surface area (Å²) in [5, 5.41) is 2.09. The van der Waals surface area contributed by atoms with Gasteiger partial charge in [-0.1, -0.05) is 13.0 Å². The van der Waals surface area contributed by atoms with Gasteiger partial charge in [0.05, 0.1) is 16.1 Å². The van der Waals surface area contributed by atoms with Crippen molar-refractivity contribution in [3.63, 3.8) is 0 Å². The van der Waals surface area contributed by atoms with E-state index in [0.29, 0.717) is 0 Å². The Balaban J connectivity index is 1.77. The van der Waals surface area contributed by atoms with Gasteiger partial charge in [0, 0.05) is 38.7 Å². The first-order valence-corrected chi connectivity index (χ1v) is 9.24. The standard InChI is InChI=1S/C18H21N5S/c1-13-5-8-23(9-6-13)18-20-12-14(17-19-7-10-22(17)2)16(21-18)15-4-3-11-24-15/h3-4,7,10-13H,5-6,8-9H2,1-2H3. The lowest BCUT2D eigenvalue weighted by molar-refractivity contribution is 0.434. The Morgan fingerprint density at radius 2 is 2.04 bits per heavy atom. The fraction of sp³-hybridized carbons (Fsp3) is 0.389. The van der Waals surface area contributed by atoms with Crippen molar-refractivity contribution in [3.05, 3.63) is 36.1 Å². The van der Waals surface area contributed by atoms with Crippen LogP contribution in [0.15, 0.2) is 36.1 Å². The highest BCUT2D eigenvalue weighted by molar-refractivity contribution is 7.13. The van der Waals surface area contributed by atoms with Crippen LogP contribution in [0.3, 0.4) is 0 Å². The molecular formula is C18H21N5S. The minimum absolute atomic E-state index is 0.796. The Hall–Kier alpha value is -2.21. The SMILES string of the molecule is CC1CCN(c2ncc(-c3nccn3C)c(-c3cccs3)n2)CC1. The van der Waals surface area contributed by atoms with Crippen molar-refractivity contribution in [2.45, 2.75) is 19.8 Å². The Morgan fingerprint density at radius 3 is 2.71 bits per heavy atom. The Kier molecular flexibility index (Phi) is 4.06. The molecule has 0 spiro atoms. The van der Waals surface area contributed by atoms with Crippen molar-refractivity contribution in [2.75, 3.05) is 18.0 Å². The summed E-state index contributed by atoms with van der Waals surface area (Å²) in [6, 6.07) is 4.17. The average molecular weight is 339 g/mol. The molecule has 6 heteroatoms. The first-order chi connectivity index (χ1) is 11.7. The molecule has 1 fully saturated rings. The zero-order valence-corrected chi connectivity index (χ0v) is 14.8. The van der Waals surface area contributed by atoms with Crippen LogP contribution in [0.25, 0.3) is 22.0 Å². The maximum atomic E-state index is 4.93. The maximum Gasteiger partial charge on any atom is 0.225 e. The van der Waals surface area contributed by atoms with Gasteiger partial charge in [-0.25, -0.2) is 15.0 Å². The molecule has 1 aliphatic rings. The zero-order chi connectivity index (χ0) is 16.5. The second kappa shape index (κ2) is 6.36. The highest BCUT2D eigenvalue weighted by Crippen LogP contribution is 2.33. The van der Waals surface area contributed by atoms with E-state index in [1.54, 1.807) is 11.3 Å². The van der Waals surface area contributed by atoms with Gasteiger partial charge in [-0.2, -0.15) is 0 Å². The van der Waals surface area contributed by atoms with E-state index in [-0.39, 0.29) is 0 Å². The van der Waals surface area contributed by atoms with E-state index in [1.165, 1.54) is 12.8 Å². The fourth-order valence-electron chi connectivity index (χ4n) is 3.12. The van der Waals surface area contributed by atoms with Crippen LogP contribution >= 0.6 is 11.3 Å². The number of imidazole rings is 1. The third-order valence-electron chi connectivity index (χ3n) is 4.66. The molecule has 4 rings (SSSR count). The van der Waals surface area contributed by atoms with Gasteiger partial charge in [0.15, 0.2) is 0 Å². The molecule has 4 heterocycles. The van der Waals surface area contributed by atoms with E-state index in [2.05, 4.69) is 39.3 Å². The first kappa shape index (κ1) is 15.3. The van der Waals surface area contributed by atoms with Crippen molar-refractivity contribution < 1.29 is 0 Å². The van der Waals surface area contributed by atoms with Gasteiger partial charge in [-0.15, -0.1) is 11.3 Å². The van der Waals surface area contributed by atoms with Gasteiger partial charge in [0.1, 0.15) is 5.82 Å². The molecule has 0 saturated carbocycles. The predicted molar refractivity (Wildman–Crippen MR) is 98.2 cm³/mol. The summed E-state index contributed by atoms with van der Waals surface area (Å²) in [4.78, 5) is 17.5. The molecule has 0 bridgehead atoms. The summed E-state index contributed by atoms with van der Waals surface area (Å²) in [6.45, 7) is 4.39. The van der Waals surface area contributed by atoms with Crippen LogP contribution in [0, 0.1) is 5.92 Å². The first-order valence-electron chi connectivity index (χ1n) is 8.36. The molecule has 1 aliphatic heterocycles. The zero-order valence-electron chi connectivity index (χ0n) is 14.0. The van der Waals surface area contributed by atoms with Gasteiger partial charge >= 0.3 is 0 Å². The number of anilines is 1. The molecule has 0 N–H and O–H groups in total. The molecule has 24 heavy (non-hydrogen) atoms. The van der Waals surface area contributed by atoms with Crippen LogP contribution in [-0.2, 0) is 7.05 Å². The van der Waals surface area contributed by atoms with E-state index in [4.69, 9.17) is 4.98 Å². The highest BCUT2D eigenvalue weighted by Gasteiger charge is 2.21. The van der Waals surface area contributed by atoms with Crippen molar-refractivity contribution in [3.8, 4) is 22.0 Å². The highest BCUT2D eigenvalue weighted by atomic mass is 32.1. The van der Waals surface area contributed by atoms with Gasteiger partial charge < -0.3 is 9.47 Å². The molecular weight excluding hydrogens is 318 g/mol. The molecule has 0 atom stereocenters. The number of aryl methyl sites for hydroxylation is 1. The van der Waals surface area contributed by atoms with E-state index in [0.717, 1.165) is 46.9 Å². The molecule has 0 amide bonds. The van der Waals surface area contributed by atoms with Crippen molar-refractivity contribution in [1.82, 2.24) is 19.5 Å². The van der Waals surface area contributed by atoms with Gasteiger partial charge in [-0.05, 0) is 30.2 Å². The van der Waals surface area contributed by atoms with Crippen molar-refractivity contribution >= 4 is 17.3 Å². The fourth-order valence-corrected chi connectivity index (χ4v) is 3.85. The molecule has 1 saturated heterocycles. The maximum absolute atomic E-state index is 4.93. The monoisotopic (exact) mass is 339 g/mol. The number of piperidine rings is 1. The Bertz CT molecular complexity index is 816. The number of thiophene rings is 1. The topological polar surface area (TPSA) is 46.8 Å². The molecule has 0 aliphatic carbocycles. The van der Waals surface area contributed by atoms with E-state index in [1.807, 2.05) is 30.2 Å². The second-order valence-electron chi connectivity index (χ2n) is 6.44.